The maximum atomic E-state index is 12.9. The van der Waals surface area contributed by atoms with Crippen molar-refractivity contribution in [3.63, 3.8) is 0 Å². The highest BCUT2D eigenvalue weighted by atomic mass is 32.2. The highest BCUT2D eigenvalue weighted by Gasteiger charge is 2.47. The molecule has 0 aliphatic heterocycles. The van der Waals surface area contributed by atoms with Gasteiger partial charge in [0.1, 0.15) is 11.9 Å². The fraction of sp³-hybridized carbons (Fsp3) is 0.542. The Balaban J connectivity index is 1.56. The molecule has 0 bridgehead atoms. The van der Waals surface area contributed by atoms with Crippen LogP contribution in [0.25, 0.3) is 11.2 Å². The Morgan fingerprint density at radius 1 is 1.17 bits per heavy atom. The smallest absolute Gasteiger partial charge is 0.226 e. The van der Waals surface area contributed by atoms with E-state index < -0.39 is 30.1 Å². The number of nitrogens with zero attached hydrogens (tertiary/aromatic N) is 5. The number of nitrogens with one attached hydrogen (secondary N) is 2. The standard InChI is InChI=1S/C24H33N7O4S/c1-3-5-10-25-21-18-22(28-24(27-21)36-11-4-2)31(30-29-18)16-12-15(19(33)20(16)34)23(35)26-13-14-8-6-7-9-17(14)32/h6-9,15-16,19-20,32-34H,3-5,10-13H2,1-2H3,(H,26,35)(H,25,27,28)/t15-,16+,19+,20-/m0/s1. The summed E-state index contributed by atoms with van der Waals surface area (Å²) in [4.78, 5) is 22.2. The number of thioether (sulfide) groups is 1. The first-order valence-electron chi connectivity index (χ1n) is 12.3. The summed E-state index contributed by atoms with van der Waals surface area (Å²) in [5, 5.41) is 46.7. The van der Waals surface area contributed by atoms with Crippen molar-refractivity contribution in [1.29, 1.82) is 0 Å². The molecular weight excluding hydrogens is 482 g/mol. The number of rotatable bonds is 11. The number of hydrogen-bond acceptors (Lipinski definition) is 10. The second-order valence-corrected chi connectivity index (χ2v) is 9.99. The second-order valence-electron chi connectivity index (χ2n) is 8.93. The normalized spacial score (nSPS) is 21.7. The number of aliphatic hydroxyl groups is 2. The first kappa shape index (κ1) is 26.1. The average molecular weight is 516 g/mol. The highest BCUT2D eigenvalue weighted by Crippen LogP contribution is 2.37. The molecule has 12 heteroatoms. The molecule has 4 atom stereocenters. The third-order valence-electron chi connectivity index (χ3n) is 6.31. The summed E-state index contributed by atoms with van der Waals surface area (Å²) >= 11 is 1.53. The third-order valence-corrected chi connectivity index (χ3v) is 7.36. The number of amides is 1. The van der Waals surface area contributed by atoms with Crippen LogP contribution in [-0.2, 0) is 11.3 Å². The van der Waals surface area contributed by atoms with Crippen molar-refractivity contribution in [3.8, 4) is 5.75 Å². The van der Waals surface area contributed by atoms with Crippen LogP contribution in [0.1, 0.15) is 51.1 Å². The minimum absolute atomic E-state index is 0.0801. The van der Waals surface area contributed by atoms with Gasteiger partial charge in [-0.15, -0.1) is 5.10 Å². The van der Waals surface area contributed by atoms with Crippen LogP contribution < -0.4 is 10.6 Å². The van der Waals surface area contributed by atoms with Gasteiger partial charge in [-0.25, -0.2) is 14.6 Å². The van der Waals surface area contributed by atoms with Crippen LogP contribution in [0, 0.1) is 5.92 Å². The van der Waals surface area contributed by atoms with E-state index in [1.54, 1.807) is 24.3 Å². The predicted molar refractivity (Wildman–Crippen MR) is 137 cm³/mol. The number of unbranched alkanes of at least 4 members (excludes halogenated alkanes) is 1. The van der Waals surface area contributed by atoms with Gasteiger partial charge in [-0.05, 0) is 25.3 Å². The molecule has 2 heterocycles. The van der Waals surface area contributed by atoms with Gasteiger partial charge in [-0.3, -0.25) is 4.79 Å². The van der Waals surface area contributed by atoms with E-state index in [4.69, 9.17) is 0 Å². The van der Waals surface area contributed by atoms with E-state index in [0.29, 0.717) is 27.7 Å². The Hall–Kier alpha value is -2.96. The quantitative estimate of drug-likeness (QED) is 0.146. The van der Waals surface area contributed by atoms with Crippen LogP contribution in [0.2, 0.25) is 0 Å². The fourth-order valence-corrected chi connectivity index (χ4v) is 4.98. The Labute approximate surface area is 213 Å². The molecular formula is C24H33N7O4S. The lowest BCUT2D eigenvalue weighted by Crippen LogP contribution is -2.38. The SMILES string of the molecule is CCCCNc1nc(SCCC)nc2c1nnn2[C@@H]1C[C@H](C(=O)NCc2ccccc2O)[C@@H](O)[C@H]1O. The van der Waals surface area contributed by atoms with Crippen LogP contribution in [-0.4, -0.2) is 70.7 Å². The largest absolute Gasteiger partial charge is 0.508 e. The van der Waals surface area contributed by atoms with E-state index in [0.717, 1.165) is 31.6 Å². The second kappa shape index (κ2) is 11.8. The number of fused-ring (bicyclic) bond motifs is 1. The third kappa shape index (κ3) is 5.55. The molecule has 11 nitrogen and oxygen atoms in total. The predicted octanol–water partition coefficient (Wildman–Crippen LogP) is 2.24. The summed E-state index contributed by atoms with van der Waals surface area (Å²) in [5.74, 6) is 0.256. The molecule has 0 saturated heterocycles. The number of phenolic OH excluding ortho intramolecular Hbond substituents is 1. The summed E-state index contributed by atoms with van der Waals surface area (Å²) in [7, 11) is 0. The summed E-state index contributed by atoms with van der Waals surface area (Å²) in [6, 6.07) is 6.03. The number of para-hydroxylation sites is 1. The zero-order valence-electron chi connectivity index (χ0n) is 20.5. The molecule has 3 aromatic rings. The number of aliphatic hydroxyl groups excluding tert-OH is 2. The van der Waals surface area contributed by atoms with Gasteiger partial charge in [0.2, 0.25) is 5.91 Å². The molecule has 1 aliphatic carbocycles. The fourth-order valence-electron chi connectivity index (χ4n) is 4.28. The monoisotopic (exact) mass is 515 g/mol. The minimum Gasteiger partial charge on any atom is -0.508 e. The number of carbonyl (C=O) groups excluding carboxylic acids is 1. The van der Waals surface area contributed by atoms with Gasteiger partial charge in [0.15, 0.2) is 22.1 Å². The Morgan fingerprint density at radius 3 is 2.72 bits per heavy atom. The summed E-state index contributed by atoms with van der Waals surface area (Å²) in [5.41, 5.74) is 1.50. The molecule has 194 valence electrons. The molecule has 1 aliphatic rings. The van der Waals surface area contributed by atoms with Crippen LogP contribution in [0.15, 0.2) is 29.4 Å². The van der Waals surface area contributed by atoms with Crippen molar-refractivity contribution >= 4 is 34.7 Å². The van der Waals surface area contributed by atoms with E-state index >= 15 is 0 Å². The number of phenols is 1. The molecule has 2 aromatic heterocycles. The van der Waals surface area contributed by atoms with Crippen LogP contribution in [0.5, 0.6) is 5.75 Å². The minimum atomic E-state index is -1.28. The summed E-state index contributed by atoms with van der Waals surface area (Å²) in [6.45, 7) is 5.04. The van der Waals surface area contributed by atoms with Crippen molar-refractivity contribution in [2.24, 2.45) is 5.92 Å². The first-order valence-corrected chi connectivity index (χ1v) is 13.3. The van der Waals surface area contributed by atoms with E-state index in [-0.39, 0.29) is 18.7 Å². The maximum Gasteiger partial charge on any atom is 0.226 e. The van der Waals surface area contributed by atoms with E-state index in [2.05, 4.69) is 44.8 Å². The molecule has 0 radical (unpaired) electrons. The lowest BCUT2D eigenvalue weighted by atomic mass is 10.0. The molecule has 36 heavy (non-hydrogen) atoms. The zero-order chi connectivity index (χ0) is 25.7. The Morgan fingerprint density at radius 2 is 1.97 bits per heavy atom. The number of aromatic nitrogens is 5. The van der Waals surface area contributed by atoms with Crippen molar-refractivity contribution < 1.29 is 20.1 Å². The average Bonchev–Trinajstić information content (AvgIpc) is 3.43. The highest BCUT2D eigenvalue weighted by molar-refractivity contribution is 7.99. The van der Waals surface area contributed by atoms with Crippen molar-refractivity contribution in [3.05, 3.63) is 29.8 Å². The van der Waals surface area contributed by atoms with Crippen molar-refractivity contribution in [1.82, 2.24) is 30.3 Å². The maximum absolute atomic E-state index is 12.9. The van der Waals surface area contributed by atoms with Crippen molar-refractivity contribution in [2.75, 3.05) is 17.6 Å². The lowest BCUT2D eigenvalue weighted by Gasteiger charge is -2.17. The van der Waals surface area contributed by atoms with E-state index in [1.807, 2.05) is 0 Å². The first-order chi connectivity index (χ1) is 17.4. The number of benzene rings is 1. The lowest BCUT2D eigenvalue weighted by molar-refractivity contribution is -0.129. The molecule has 1 amide bonds. The summed E-state index contributed by atoms with van der Waals surface area (Å²) in [6.07, 6.45) is 0.624. The Bertz CT molecular complexity index is 1190. The van der Waals surface area contributed by atoms with E-state index in [9.17, 15) is 20.1 Å². The molecule has 0 unspecified atom stereocenters. The van der Waals surface area contributed by atoms with Crippen LogP contribution in [0.3, 0.4) is 0 Å². The molecule has 4 rings (SSSR count). The van der Waals surface area contributed by atoms with Gasteiger partial charge in [0.05, 0.1) is 18.1 Å². The summed E-state index contributed by atoms with van der Waals surface area (Å²) < 4.78 is 1.50. The molecule has 1 saturated carbocycles. The molecule has 0 spiro atoms. The number of hydrogen-bond donors (Lipinski definition) is 5. The number of aromatic hydroxyl groups is 1. The number of carbonyl (C=O) groups is 1. The number of anilines is 1. The van der Waals surface area contributed by atoms with Gasteiger partial charge in [-0.1, -0.05) is 55.4 Å². The molecule has 1 aromatic carbocycles. The zero-order valence-corrected chi connectivity index (χ0v) is 21.3. The topological polar surface area (TPSA) is 158 Å². The van der Waals surface area contributed by atoms with Gasteiger partial charge in [-0.2, -0.15) is 0 Å². The van der Waals surface area contributed by atoms with Crippen LogP contribution >= 0.6 is 11.8 Å². The van der Waals surface area contributed by atoms with E-state index in [1.165, 1.54) is 16.4 Å². The Kier molecular flexibility index (Phi) is 8.60. The van der Waals surface area contributed by atoms with Gasteiger partial charge < -0.3 is 26.0 Å². The molecule has 1 fully saturated rings. The van der Waals surface area contributed by atoms with Gasteiger partial charge in [0.25, 0.3) is 0 Å². The van der Waals surface area contributed by atoms with Crippen molar-refractivity contribution in [2.45, 2.75) is 69.5 Å². The van der Waals surface area contributed by atoms with Gasteiger partial charge >= 0.3 is 0 Å². The van der Waals surface area contributed by atoms with Crippen LogP contribution in [0.4, 0.5) is 5.82 Å². The molecule has 5 N–H and O–H groups in total. The van der Waals surface area contributed by atoms with Gasteiger partial charge in [0, 0.05) is 24.4 Å².